The summed E-state index contributed by atoms with van der Waals surface area (Å²) in [6.45, 7) is 0. The van der Waals surface area contributed by atoms with Crippen molar-refractivity contribution in [2.75, 3.05) is 0 Å². The predicted molar refractivity (Wildman–Crippen MR) is 72.1 cm³/mol. The molecule has 1 N–H and O–H groups in total. The van der Waals surface area contributed by atoms with Crippen LogP contribution in [0.4, 0.5) is 0 Å². The SMILES string of the molecule is OC(Cc1cccnc1)c1cc(Br)ccc1Cl. The van der Waals surface area contributed by atoms with Gasteiger partial charge in [-0.25, -0.2) is 0 Å². The normalized spacial score (nSPS) is 12.4. The third-order valence-electron chi connectivity index (χ3n) is 2.47. The predicted octanol–water partition coefficient (Wildman–Crippen LogP) is 3.77. The van der Waals surface area contributed by atoms with Gasteiger partial charge in [0, 0.05) is 33.9 Å². The van der Waals surface area contributed by atoms with Crippen molar-refractivity contribution in [2.45, 2.75) is 12.5 Å². The second-order valence-electron chi connectivity index (χ2n) is 3.75. The van der Waals surface area contributed by atoms with Gasteiger partial charge in [0.05, 0.1) is 6.10 Å². The molecule has 0 saturated carbocycles. The first-order chi connectivity index (χ1) is 8.16. The first-order valence-corrected chi connectivity index (χ1v) is 6.36. The highest BCUT2D eigenvalue weighted by Crippen LogP contribution is 2.28. The van der Waals surface area contributed by atoms with E-state index in [1.165, 1.54) is 0 Å². The summed E-state index contributed by atoms with van der Waals surface area (Å²) in [5.74, 6) is 0. The Morgan fingerprint density at radius 2 is 2.18 bits per heavy atom. The van der Waals surface area contributed by atoms with E-state index in [0.29, 0.717) is 11.4 Å². The summed E-state index contributed by atoms with van der Waals surface area (Å²) in [4.78, 5) is 4.02. The molecule has 0 aliphatic heterocycles. The van der Waals surface area contributed by atoms with Crippen molar-refractivity contribution in [2.24, 2.45) is 0 Å². The highest BCUT2D eigenvalue weighted by molar-refractivity contribution is 9.10. The summed E-state index contributed by atoms with van der Waals surface area (Å²) in [6.07, 6.45) is 3.34. The molecule has 4 heteroatoms. The topological polar surface area (TPSA) is 33.1 Å². The fourth-order valence-electron chi connectivity index (χ4n) is 1.62. The van der Waals surface area contributed by atoms with Gasteiger partial charge in [0.25, 0.3) is 0 Å². The Morgan fingerprint density at radius 3 is 2.88 bits per heavy atom. The first-order valence-electron chi connectivity index (χ1n) is 5.19. The Bertz CT molecular complexity index is 504. The maximum Gasteiger partial charge on any atom is 0.0845 e. The molecule has 0 saturated heterocycles. The Labute approximate surface area is 113 Å². The van der Waals surface area contributed by atoms with Crippen LogP contribution in [0.25, 0.3) is 0 Å². The van der Waals surface area contributed by atoms with Gasteiger partial charge in [0.1, 0.15) is 0 Å². The van der Waals surface area contributed by atoms with Gasteiger partial charge < -0.3 is 5.11 Å². The van der Waals surface area contributed by atoms with Crippen LogP contribution in [-0.4, -0.2) is 10.1 Å². The van der Waals surface area contributed by atoms with E-state index in [9.17, 15) is 5.11 Å². The fraction of sp³-hybridized carbons (Fsp3) is 0.154. The van der Waals surface area contributed by atoms with Crippen LogP contribution in [0.1, 0.15) is 17.2 Å². The highest BCUT2D eigenvalue weighted by Gasteiger charge is 2.12. The van der Waals surface area contributed by atoms with Crippen LogP contribution in [0.2, 0.25) is 5.02 Å². The number of hydrogen-bond acceptors (Lipinski definition) is 2. The third-order valence-corrected chi connectivity index (χ3v) is 3.31. The average Bonchev–Trinajstić information content (AvgIpc) is 2.33. The van der Waals surface area contributed by atoms with Gasteiger partial charge in [-0.05, 0) is 29.8 Å². The number of aliphatic hydroxyl groups is 1. The van der Waals surface area contributed by atoms with Crippen molar-refractivity contribution >= 4 is 27.5 Å². The third kappa shape index (κ3) is 3.28. The Kier molecular flexibility index (Phi) is 4.15. The molecule has 0 bridgehead atoms. The monoisotopic (exact) mass is 311 g/mol. The summed E-state index contributed by atoms with van der Waals surface area (Å²) in [7, 11) is 0. The molecule has 1 aromatic heterocycles. The number of benzene rings is 1. The van der Waals surface area contributed by atoms with Crippen molar-refractivity contribution in [1.82, 2.24) is 4.98 Å². The molecule has 2 aromatic rings. The minimum atomic E-state index is -0.621. The van der Waals surface area contributed by atoms with E-state index in [4.69, 9.17) is 11.6 Å². The van der Waals surface area contributed by atoms with Crippen LogP contribution in [0.15, 0.2) is 47.2 Å². The quantitative estimate of drug-likeness (QED) is 0.936. The van der Waals surface area contributed by atoms with Crippen LogP contribution in [-0.2, 0) is 6.42 Å². The number of rotatable bonds is 3. The van der Waals surface area contributed by atoms with Crippen LogP contribution >= 0.6 is 27.5 Å². The van der Waals surface area contributed by atoms with Gasteiger partial charge >= 0.3 is 0 Å². The number of aromatic nitrogens is 1. The zero-order chi connectivity index (χ0) is 12.3. The zero-order valence-corrected chi connectivity index (χ0v) is 11.3. The van der Waals surface area contributed by atoms with Crippen LogP contribution < -0.4 is 0 Å². The largest absolute Gasteiger partial charge is 0.388 e. The molecule has 0 spiro atoms. The van der Waals surface area contributed by atoms with Gasteiger partial charge in [-0.15, -0.1) is 0 Å². The lowest BCUT2D eigenvalue weighted by atomic mass is 10.0. The van der Waals surface area contributed by atoms with Crippen LogP contribution in [0.3, 0.4) is 0 Å². The maximum atomic E-state index is 10.1. The average molecular weight is 313 g/mol. The van der Waals surface area contributed by atoms with Crippen LogP contribution in [0.5, 0.6) is 0 Å². The molecular formula is C13H11BrClNO. The molecule has 2 nitrogen and oxygen atoms in total. The van der Waals surface area contributed by atoms with E-state index < -0.39 is 6.10 Å². The van der Waals surface area contributed by atoms with E-state index in [1.807, 2.05) is 24.3 Å². The summed E-state index contributed by atoms with van der Waals surface area (Å²) in [5, 5.41) is 10.7. The Balaban J connectivity index is 2.20. The van der Waals surface area contributed by atoms with E-state index >= 15 is 0 Å². The van der Waals surface area contributed by atoms with E-state index in [-0.39, 0.29) is 0 Å². The first kappa shape index (κ1) is 12.6. The molecule has 0 aliphatic rings. The molecule has 0 aliphatic carbocycles. The smallest absolute Gasteiger partial charge is 0.0845 e. The molecule has 1 aromatic carbocycles. The summed E-state index contributed by atoms with van der Waals surface area (Å²) in [6, 6.07) is 9.24. The molecule has 1 heterocycles. The minimum Gasteiger partial charge on any atom is -0.388 e. The molecule has 1 unspecified atom stereocenters. The maximum absolute atomic E-state index is 10.1. The number of nitrogens with zero attached hydrogens (tertiary/aromatic N) is 1. The van der Waals surface area contributed by atoms with Crippen molar-refractivity contribution < 1.29 is 5.11 Å². The molecule has 88 valence electrons. The molecule has 2 rings (SSSR count). The Morgan fingerprint density at radius 1 is 1.35 bits per heavy atom. The van der Waals surface area contributed by atoms with Crippen molar-refractivity contribution in [1.29, 1.82) is 0 Å². The lowest BCUT2D eigenvalue weighted by molar-refractivity contribution is 0.178. The van der Waals surface area contributed by atoms with E-state index in [2.05, 4.69) is 20.9 Å². The minimum absolute atomic E-state index is 0.504. The fourth-order valence-corrected chi connectivity index (χ4v) is 2.24. The summed E-state index contributed by atoms with van der Waals surface area (Å²) >= 11 is 9.43. The van der Waals surface area contributed by atoms with Gasteiger partial charge in [0.2, 0.25) is 0 Å². The highest BCUT2D eigenvalue weighted by atomic mass is 79.9. The van der Waals surface area contributed by atoms with Crippen molar-refractivity contribution in [3.63, 3.8) is 0 Å². The van der Waals surface area contributed by atoms with E-state index in [0.717, 1.165) is 15.6 Å². The van der Waals surface area contributed by atoms with Crippen molar-refractivity contribution in [3.8, 4) is 0 Å². The molecule has 0 amide bonds. The summed E-state index contributed by atoms with van der Waals surface area (Å²) < 4.78 is 0.905. The molecule has 0 fully saturated rings. The Hall–Kier alpha value is -0.900. The lowest BCUT2D eigenvalue weighted by Crippen LogP contribution is -2.02. The second-order valence-corrected chi connectivity index (χ2v) is 5.07. The molecule has 17 heavy (non-hydrogen) atoms. The van der Waals surface area contributed by atoms with Gasteiger partial charge in [0.15, 0.2) is 0 Å². The number of hydrogen-bond donors (Lipinski definition) is 1. The summed E-state index contributed by atoms with van der Waals surface area (Å²) in [5.41, 5.74) is 1.71. The molecule has 1 atom stereocenters. The van der Waals surface area contributed by atoms with Gasteiger partial charge in [-0.2, -0.15) is 0 Å². The molecule has 0 radical (unpaired) electrons. The van der Waals surface area contributed by atoms with Gasteiger partial charge in [-0.3, -0.25) is 4.98 Å². The standard InChI is InChI=1S/C13H11BrClNO/c14-10-3-4-12(15)11(7-10)13(17)6-9-2-1-5-16-8-9/h1-5,7-8,13,17H,6H2. The number of halogens is 2. The van der Waals surface area contributed by atoms with Crippen LogP contribution in [0, 0.1) is 0 Å². The molecular weight excluding hydrogens is 302 g/mol. The lowest BCUT2D eigenvalue weighted by Gasteiger charge is -2.13. The zero-order valence-electron chi connectivity index (χ0n) is 8.98. The van der Waals surface area contributed by atoms with Gasteiger partial charge in [-0.1, -0.05) is 33.6 Å². The second kappa shape index (κ2) is 5.63. The van der Waals surface area contributed by atoms with E-state index in [1.54, 1.807) is 18.5 Å². The number of aliphatic hydroxyl groups excluding tert-OH is 1. The number of pyridine rings is 1. The van der Waals surface area contributed by atoms with Crippen molar-refractivity contribution in [3.05, 3.63) is 63.3 Å².